The van der Waals surface area contributed by atoms with Crippen LogP contribution in [0.5, 0.6) is 0 Å². The minimum absolute atomic E-state index is 0.311. The van der Waals surface area contributed by atoms with Gasteiger partial charge in [-0.15, -0.1) is 0 Å². The van der Waals surface area contributed by atoms with Crippen molar-refractivity contribution in [1.82, 2.24) is 9.97 Å². The Bertz CT molecular complexity index is 1170. The number of rotatable bonds is 3. The van der Waals surface area contributed by atoms with Crippen LogP contribution in [0.15, 0.2) is 59.6 Å². The Balaban J connectivity index is 1.94. The first kappa shape index (κ1) is 19.8. The summed E-state index contributed by atoms with van der Waals surface area (Å²) in [5, 5.41) is -0.457. The summed E-state index contributed by atoms with van der Waals surface area (Å²) in [6.45, 7) is 7.25. The number of hydrogen-bond donors (Lipinski definition) is 0. The van der Waals surface area contributed by atoms with Gasteiger partial charge in [0.2, 0.25) is 0 Å². The van der Waals surface area contributed by atoms with Crippen LogP contribution >= 0.6 is 0 Å². The molecule has 4 nitrogen and oxygen atoms in total. The lowest BCUT2D eigenvalue weighted by atomic mass is 10.1. The molecule has 0 fully saturated rings. The molecule has 0 unspecified atom stereocenters. The highest BCUT2D eigenvalue weighted by Crippen LogP contribution is 2.22. The number of nitrogens with zero attached hydrogens (tertiary/aromatic N) is 2. The van der Waals surface area contributed by atoms with Crippen molar-refractivity contribution < 1.29 is 8.42 Å². The molecule has 0 amide bonds. The maximum absolute atomic E-state index is 12.3. The fourth-order valence-corrected chi connectivity index (χ4v) is 3.71. The van der Waals surface area contributed by atoms with Crippen molar-refractivity contribution in [3.8, 4) is 23.1 Å². The summed E-state index contributed by atoms with van der Waals surface area (Å²) in [6.07, 6.45) is 1.68. The van der Waals surface area contributed by atoms with Crippen molar-refractivity contribution in [2.45, 2.75) is 37.8 Å². The first-order valence-electron chi connectivity index (χ1n) is 9.04. The van der Waals surface area contributed by atoms with Gasteiger partial charge in [0.25, 0.3) is 0 Å². The van der Waals surface area contributed by atoms with E-state index < -0.39 is 15.1 Å². The Kier molecular flexibility index (Phi) is 5.62. The zero-order chi connectivity index (χ0) is 20.3. The van der Waals surface area contributed by atoms with Crippen LogP contribution in [0.3, 0.4) is 0 Å². The van der Waals surface area contributed by atoms with E-state index >= 15 is 0 Å². The molecule has 0 aliphatic carbocycles. The summed E-state index contributed by atoms with van der Waals surface area (Å²) in [5.74, 6) is 6.23. The third kappa shape index (κ3) is 4.29. The summed E-state index contributed by atoms with van der Waals surface area (Å²) in [6, 6.07) is 14.7. The highest BCUT2D eigenvalue weighted by atomic mass is 32.2. The Morgan fingerprint density at radius 3 is 2.32 bits per heavy atom. The summed E-state index contributed by atoms with van der Waals surface area (Å²) in [7, 11) is -3.29. The molecule has 0 saturated carbocycles. The molecule has 0 N–H and O–H groups in total. The lowest BCUT2D eigenvalue weighted by molar-refractivity contribution is 0.587. The molecule has 0 atom stereocenters. The molecular weight excluding hydrogens is 368 g/mol. The largest absolute Gasteiger partial charge is 0.256 e. The molecule has 142 valence electrons. The lowest BCUT2D eigenvalue weighted by Gasteiger charge is -2.09. The molecule has 1 heterocycles. The van der Waals surface area contributed by atoms with E-state index in [0.29, 0.717) is 16.3 Å². The van der Waals surface area contributed by atoms with Crippen molar-refractivity contribution in [3.05, 3.63) is 77.2 Å². The van der Waals surface area contributed by atoms with E-state index in [-0.39, 0.29) is 0 Å². The van der Waals surface area contributed by atoms with Crippen LogP contribution < -0.4 is 0 Å². The van der Waals surface area contributed by atoms with Crippen LogP contribution in [0.4, 0.5) is 0 Å². The summed E-state index contributed by atoms with van der Waals surface area (Å²) >= 11 is 0. The van der Waals surface area contributed by atoms with Gasteiger partial charge < -0.3 is 0 Å². The van der Waals surface area contributed by atoms with Gasteiger partial charge in [-0.25, -0.2) is 13.4 Å². The molecule has 0 saturated heterocycles. The van der Waals surface area contributed by atoms with Gasteiger partial charge in [-0.2, -0.15) is 0 Å². The van der Waals surface area contributed by atoms with E-state index in [0.717, 1.165) is 22.4 Å². The van der Waals surface area contributed by atoms with Gasteiger partial charge in [-0.1, -0.05) is 30.2 Å². The standard InChI is InChI=1S/C23H22N2O2S/c1-16(2)28(26,27)21-11-9-20(10-12-21)23-15-24-18(4)22(25-23)13-8-19-7-5-6-17(3)14-19/h5-7,9-12,14-16H,1-4H3. The maximum atomic E-state index is 12.3. The molecule has 3 rings (SSSR count). The molecule has 0 spiro atoms. The van der Waals surface area contributed by atoms with E-state index in [1.165, 1.54) is 0 Å². The van der Waals surface area contributed by atoms with Crippen molar-refractivity contribution in [2.75, 3.05) is 0 Å². The number of benzene rings is 2. The molecule has 0 radical (unpaired) electrons. The van der Waals surface area contributed by atoms with Crippen LogP contribution in [0, 0.1) is 25.7 Å². The first-order chi connectivity index (χ1) is 13.3. The quantitative estimate of drug-likeness (QED) is 0.624. The predicted molar refractivity (Wildman–Crippen MR) is 112 cm³/mol. The Morgan fingerprint density at radius 1 is 0.964 bits per heavy atom. The van der Waals surface area contributed by atoms with Gasteiger partial charge in [0, 0.05) is 11.1 Å². The van der Waals surface area contributed by atoms with Gasteiger partial charge >= 0.3 is 0 Å². The van der Waals surface area contributed by atoms with E-state index in [2.05, 4.69) is 21.8 Å². The normalized spacial score (nSPS) is 11.2. The number of sulfone groups is 1. The number of aryl methyl sites for hydroxylation is 2. The minimum atomic E-state index is -3.29. The molecule has 0 aliphatic rings. The topological polar surface area (TPSA) is 59.9 Å². The average molecular weight is 391 g/mol. The van der Waals surface area contributed by atoms with Crippen molar-refractivity contribution in [2.24, 2.45) is 0 Å². The minimum Gasteiger partial charge on any atom is -0.256 e. The molecule has 2 aromatic carbocycles. The van der Waals surface area contributed by atoms with Gasteiger partial charge in [0.05, 0.1) is 27.7 Å². The molecule has 0 aliphatic heterocycles. The van der Waals surface area contributed by atoms with Crippen LogP contribution in [-0.2, 0) is 9.84 Å². The number of aromatic nitrogens is 2. The maximum Gasteiger partial charge on any atom is 0.180 e. The lowest BCUT2D eigenvalue weighted by Crippen LogP contribution is -2.13. The summed E-state index contributed by atoms with van der Waals surface area (Å²) in [5.41, 5.74) is 4.90. The Hall–Kier alpha value is -2.97. The van der Waals surface area contributed by atoms with Crippen LogP contribution in [0.25, 0.3) is 11.3 Å². The second-order valence-electron chi connectivity index (χ2n) is 6.93. The van der Waals surface area contributed by atoms with Crippen LogP contribution in [-0.4, -0.2) is 23.6 Å². The molecule has 28 heavy (non-hydrogen) atoms. The average Bonchev–Trinajstić information content (AvgIpc) is 2.67. The monoisotopic (exact) mass is 390 g/mol. The molecule has 3 aromatic rings. The third-order valence-corrected chi connectivity index (χ3v) is 6.57. The van der Waals surface area contributed by atoms with E-state index in [1.54, 1.807) is 44.3 Å². The van der Waals surface area contributed by atoms with Crippen LogP contribution in [0.2, 0.25) is 0 Å². The molecule has 0 bridgehead atoms. The Morgan fingerprint density at radius 2 is 1.68 bits per heavy atom. The first-order valence-corrected chi connectivity index (χ1v) is 10.6. The fourth-order valence-electron chi connectivity index (χ4n) is 2.65. The zero-order valence-electron chi connectivity index (χ0n) is 16.4. The van der Waals surface area contributed by atoms with Gasteiger partial charge in [-0.3, -0.25) is 4.98 Å². The predicted octanol–water partition coefficient (Wildman–Crippen LogP) is 4.34. The smallest absolute Gasteiger partial charge is 0.180 e. The van der Waals surface area contributed by atoms with Gasteiger partial charge in [-0.05, 0) is 63.4 Å². The highest BCUT2D eigenvalue weighted by molar-refractivity contribution is 7.92. The molecule has 1 aromatic heterocycles. The van der Waals surface area contributed by atoms with Crippen molar-refractivity contribution in [3.63, 3.8) is 0 Å². The molecule has 5 heteroatoms. The van der Waals surface area contributed by atoms with E-state index in [4.69, 9.17) is 0 Å². The third-order valence-electron chi connectivity index (χ3n) is 4.40. The zero-order valence-corrected chi connectivity index (χ0v) is 17.2. The van der Waals surface area contributed by atoms with Crippen molar-refractivity contribution in [1.29, 1.82) is 0 Å². The second kappa shape index (κ2) is 7.95. The van der Waals surface area contributed by atoms with Gasteiger partial charge in [0.15, 0.2) is 9.84 Å². The second-order valence-corrected chi connectivity index (χ2v) is 9.43. The van der Waals surface area contributed by atoms with Crippen molar-refractivity contribution >= 4 is 9.84 Å². The highest BCUT2D eigenvalue weighted by Gasteiger charge is 2.19. The SMILES string of the molecule is Cc1cccc(C#Cc2nc(-c3ccc(S(=O)(=O)C(C)C)cc3)cnc2C)c1. The van der Waals surface area contributed by atoms with E-state index in [1.807, 2.05) is 38.1 Å². The van der Waals surface area contributed by atoms with E-state index in [9.17, 15) is 8.42 Å². The van der Waals surface area contributed by atoms with Gasteiger partial charge in [0.1, 0.15) is 5.69 Å². The number of hydrogen-bond acceptors (Lipinski definition) is 4. The summed E-state index contributed by atoms with van der Waals surface area (Å²) < 4.78 is 24.6. The molecular formula is C23H22N2O2S. The fraction of sp³-hybridized carbons (Fsp3) is 0.217. The summed E-state index contributed by atoms with van der Waals surface area (Å²) in [4.78, 5) is 9.33. The Labute approximate surface area is 166 Å². The van der Waals surface area contributed by atoms with Crippen LogP contribution in [0.1, 0.15) is 36.4 Å².